The number of carbonyl (C=O) groups excluding carboxylic acids is 2. The van der Waals surface area contributed by atoms with Crippen molar-refractivity contribution in [2.45, 2.75) is 19.4 Å². The molecule has 1 saturated heterocycles. The summed E-state index contributed by atoms with van der Waals surface area (Å²) in [6.07, 6.45) is 1.06. The lowest BCUT2D eigenvalue weighted by molar-refractivity contribution is -0.384. The van der Waals surface area contributed by atoms with Crippen LogP contribution in [0.2, 0.25) is 0 Å². The van der Waals surface area contributed by atoms with Crippen LogP contribution in [0.5, 0.6) is 0 Å². The highest BCUT2D eigenvalue weighted by Gasteiger charge is 2.29. The Bertz CT molecular complexity index is 863. The van der Waals surface area contributed by atoms with Crippen LogP contribution >= 0.6 is 11.3 Å². The average molecular weight is 417 g/mol. The predicted molar refractivity (Wildman–Crippen MR) is 110 cm³/mol. The first-order valence-corrected chi connectivity index (χ1v) is 10.2. The number of anilines is 1. The lowest BCUT2D eigenvalue weighted by Crippen LogP contribution is -2.38. The van der Waals surface area contributed by atoms with E-state index in [1.54, 1.807) is 36.6 Å². The molecule has 0 radical (unpaired) electrons. The van der Waals surface area contributed by atoms with Crippen molar-refractivity contribution in [1.82, 2.24) is 4.90 Å². The molecule has 0 spiro atoms. The van der Waals surface area contributed by atoms with E-state index in [2.05, 4.69) is 0 Å². The first kappa shape index (κ1) is 20.8. The van der Waals surface area contributed by atoms with Crippen molar-refractivity contribution in [3.63, 3.8) is 0 Å². The second kappa shape index (κ2) is 9.51. The zero-order chi connectivity index (χ0) is 20.8. The smallest absolute Gasteiger partial charge is 0.309 e. The summed E-state index contributed by atoms with van der Waals surface area (Å²) in [7, 11) is 1.68. The molecule has 0 atom stereocenters. The molecule has 154 valence electrons. The Morgan fingerprint density at radius 3 is 2.62 bits per heavy atom. The van der Waals surface area contributed by atoms with Gasteiger partial charge in [-0.15, -0.1) is 11.3 Å². The Morgan fingerprint density at radius 2 is 1.97 bits per heavy atom. The lowest BCUT2D eigenvalue weighted by Gasteiger charge is -2.32. The SMILES string of the molecule is CN(Cc1cccs1)C(=O)COC(=O)C1CCN(c2ccccc2[N+](=O)[O-])CC1. The standard InChI is InChI=1S/C20H23N3O5S/c1-21(13-16-5-4-12-29-16)19(24)14-28-20(25)15-8-10-22(11-9-15)17-6-2-3-7-18(17)23(26)27/h2-7,12,15H,8-11,13-14H2,1H3. The third-order valence-electron chi connectivity index (χ3n) is 4.98. The van der Waals surface area contributed by atoms with Gasteiger partial charge in [0.2, 0.25) is 0 Å². The quantitative estimate of drug-likeness (QED) is 0.390. The zero-order valence-electron chi connectivity index (χ0n) is 16.2. The summed E-state index contributed by atoms with van der Waals surface area (Å²) in [5, 5.41) is 13.2. The Hall–Kier alpha value is -2.94. The van der Waals surface area contributed by atoms with Gasteiger partial charge >= 0.3 is 5.97 Å². The fraction of sp³-hybridized carbons (Fsp3) is 0.400. The second-order valence-corrected chi connectivity index (χ2v) is 7.98. The van der Waals surface area contributed by atoms with Gasteiger partial charge in [-0.2, -0.15) is 0 Å². The molecule has 1 amide bonds. The van der Waals surface area contributed by atoms with Crippen molar-refractivity contribution >= 4 is 34.6 Å². The highest BCUT2D eigenvalue weighted by Crippen LogP contribution is 2.31. The summed E-state index contributed by atoms with van der Waals surface area (Å²) in [6, 6.07) is 10.5. The molecule has 1 fully saturated rings. The van der Waals surface area contributed by atoms with Crippen molar-refractivity contribution in [3.8, 4) is 0 Å². The fourth-order valence-electron chi connectivity index (χ4n) is 3.33. The number of hydrogen-bond donors (Lipinski definition) is 0. The van der Waals surface area contributed by atoms with Gasteiger partial charge in [-0.1, -0.05) is 18.2 Å². The number of esters is 1. The van der Waals surface area contributed by atoms with Crippen LogP contribution in [0.25, 0.3) is 0 Å². The summed E-state index contributed by atoms with van der Waals surface area (Å²) in [6.45, 7) is 1.26. The number of para-hydroxylation sites is 2. The normalized spacial score (nSPS) is 14.4. The lowest BCUT2D eigenvalue weighted by atomic mass is 9.96. The molecule has 2 heterocycles. The molecular weight excluding hydrogens is 394 g/mol. The molecule has 8 nitrogen and oxygen atoms in total. The molecule has 0 unspecified atom stereocenters. The number of carbonyl (C=O) groups is 2. The molecule has 0 bridgehead atoms. The van der Waals surface area contributed by atoms with Crippen LogP contribution in [0, 0.1) is 16.0 Å². The van der Waals surface area contributed by atoms with Gasteiger partial charge in [0.1, 0.15) is 5.69 Å². The summed E-state index contributed by atoms with van der Waals surface area (Å²) in [4.78, 5) is 39.9. The molecule has 0 N–H and O–H groups in total. The Morgan fingerprint density at radius 1 is 1.24 bits per heavy atom. The van der Waals surface area contributed by atoms with Crippen LogP contribution in [-0.4, -0.2) is 48.4 Å². The van der Waals surface area contributed by atoms with Crippen molar-refractivity contribution in [2.75, 3.05) is 31.6 Å². The van der Waals surface area contributed by atoms with Crippen LogP contribution in [0.15, 0.2) is 41.8 Å². The van der Waals surface area contributed by atoms with Crippen LogP contribution in [0.3, 0.4) is 0 Å². The Balaban J connectivity index is 1.46. The summed E-state index contributed by atoms with van der Waals surface area (Å²) < 4.78 is 5.23. The highest BCUT2D eigenvalue weighted by atomic mass is 32.1. The number of hydrogen-bond acceptors (Lipinski definition) is 7. The molecule has 9 heteroatoms. The number of likely N-dealkylation sites (N-methyl/N-ethyl adjacent to an activating group) is 1. The summed E-state index contributed by atoms with van der Waals surface area (Å²) in [5.74, 6) is -0.932. The third-order valence-corrected chi connectivity index (χ3v) is 5.85. The number of nitro groups is 1. The number of nitro benzene ring substituents is 1. The van der Waals surface area contributed by atoms with E-state index in [1.165, 1.54) is 11.0 Å². The molecule has 29 heavy (non-hydrogen) atoms. The first-order chi connectivity index (χ1) is 14.0. The molecule has 2 aromatic rings. The first-order valence-electron chi connectivity index (χ1n) is 9.37. The molecular formula is C20H23N3O5S. The van der Waals surface area contributed by atoms with E-state index in [0.29, 0.717) is 38.2 Å². The number of nitrogens with zero attached hydrogens (tertiary/aromatic N) is 3. The number of rotatable bonds is 7. The van der Waals surface area contributed by atoms with E-state index in [1.807, 2.05) is 22.4 Å². The van der Waals surface area contributed by atoms with Crippen molar-refractivity contribution in [2.24, 2.45) is 5.92 Å². The van der Waals surface area contributed by atoms with E-state index in [-0.39, 0.29) is 30.1 Å². The molecule has 0 saturated carbocycles. The fourth-order valence-corrected chi connectivity index (χ4v) is 4.08. The van der Waals surface area contributed by atoms with Gasteiger partial charge in [0.05, 0.1) is 17.4 Å². The average Bonchev–Trinajstić information content (AvgIpc) is 3.24. The van der Waals surface area contributed by atoms with Gasteiger partial charge in [0.15, 0.2) is 6.61 Å². The Labute approximate surface area is 172 Å². The number of benzene rings is 1. The van der Waals surface area contributed by atoms with Crippen LogP contribution in [0.4, 0.5) is 11.4 Å². The van der Waals surface area contributed by atoms with E-state index in [9.17, 15) is 19.7 Å². The second-order valence-electron chi connectivity index (χ2n) is 6.94. The number of amides is 1. The van der Waals surface area contributed by atoms with Gasteiger partial charge in [-0.3, -0.25) is 19.7 Å². The monoisotopic (exact) mass is 417 g/mol. The molecule has 3 rings (SSSR count). The number of thiophene rings is 1. The van der Waals surface area contributed by atoms with E-state index < -0.39 is 4.92 Å². The van der Waals surface area contributed by atoms with E-state index in [4.69, 9.17) is 4.74 Å². The predicted octanol–water partition coefficient (Wildman–Crippen LogP) is 3.07. The minimum absolute atomic E-state index is 0.0629. The van der Waals surface area contributed by atoms with E-state index >= 15 is 0 Å². The maximum Gasteiger partial charge on any atom is 0.309 e. The third kappa shape index (κ3) is 5.32. The van der Waals surface area contributed by atoms with Crippen LogP contribution in [-0.2, 0) is 20.9 Å². The molecule has 1 aliphatic rings. The van der Waals surface area contributed by atoms with Crippen LogP contribution < -0.4 is 4.90 Å². The van der Waals surface area contributed by atoms with Crippen molar-refractivity contribution < 1.29 is 19.2 Å². The largest absolute Gasteiger partial charge is 0.455 e. The number of ether oxygens (including phenoxy) is 1. The molecule has 1 aromatic carbocycles. The maximum atomic E-state index is 12.3. The minimum atomic E-state index is -0.395. The highest BCUT2D eigenvalue weighted by molar-refractivity contribution is 7.09. The van der Waals surface area contributed by atoms with Crippen LogP contribution in [0.1, 0.15) is 17.7 Å². The van der Waals surface area contributed by atoms with Gasteiger partial charge < -0.3 is 14.5 Å². The number of piperidine rings is 1. The van der Waals surface area contributed by atoms with Gasteiger partial charge in [-0.25, -0.2) is 0 Å². The summed E-state index contributed by atoms with van der Waals surface area (Å²) >= 11 is 1.57. The van der Waals surface area contributed by atoms with Gasteiger partial charge in [-0.05, 0) is 30.4 Å². The van der Waals surface area contributed by atoms with E-state index in [0.717, 1.165) is 4.88 Å². The Kier molecular flexibility index (Phi) is 6.82. The van der Waals surface area contributed by atoms with Gasteiger partial charge in [0.25, 0.3) is 11.6 Å². The molecule has 0 aliphatic carbocycles. The minimum Gasteiger partial charge on any atom is -0.455 e. The van der Waals surface area contributed by atoms with Crippen molar-refractivity contribution in [1.29, 1.82) is 0 Å². The summed E-state index contributed by atoms with van der Waals surface area (Å²) in [5.41, 5.74) is 0.627. The van der Waals surface area contributed by atoms with Crippen molar-refractivity contribution in [3.05, 3.63) is 56.8 Å². The zero-order valence-corrected chi connectivity index (χ0v) is 17.0. The van der Waals surface area contributed by atoms with Gasteiger partial charge in [0, 0.05) is 31.1 Å². The molecule has 1 aromatic heterocycles. The molecule has 1 aliphatic heterocycles. The topological polar surface area (TPSA) is 93.0 Å². The maximum absolute atomic E-state index is 12.3.